The summed E-state index contributed by atoms with van der Waals surface area (Å²) >= 11 is 7.37. The molecule has 0 bridgehead atoms. The van der Waals surface area contributed by atoms with Gasteiger partial charge >= 0.3 is 0 Å². The van der Waals surface area contributed by atoms with Gasteiger partial charge in [-0.15, -0.1) is 5.10 Å². The highest BCUT2D eigenvalue weighted by Gasteiger charge is 2.13. The summed E-state index contributed by atoms with van der Waals surface area (Å²) in [5.41, 5.74) is 3.12. The molecular formula is C10H9ClN6S. The quantitative estimate of drug-likeness (QED) is 0.790. The maximum atomic E-state index is 6.21. The predicted molar refractivity (Wildman–Crippen MR) is 70.1 cm³/mol. The second kappa shape index (κ2) is 4.60. The van der Waals surface area contributed by atoms with Crippen molar-refractivity contribution in [2.24, 2.45) is 0 Å². The van der Waals surface area contributed by atoms with Crippen molar-refractivity contribution in [1.29, 1.82) is 0 Å². The molecule has 2 heterocycles. The summed E-state index contributed by atoms with van der Waals surface area (Å²) in [5, 5.41) is 11.7. The number of fused-ring (bicyclic) bond motifs is 1. The van der Waals surface area contributed by atoms with Crippen LogP contribution in [-0.2, 0) is 6.54 Å². The van der Waals surface area contributed by atoms with Gasteiger partial charge in [0.25, 0.3) is 0 Å². The zero-order valence-corrected chi connectivity index (χ0v) is 11.0. The molecule has 92 valence electrons. The molecule has 0 atom stereocenters. The summed E-state index contributed by atoms with van der Waals surface area (Å²) in [7, 11) is 1.86. The van der Waals surface area contributed by atoms with Crippen molar-refractivity contribution >= 4 is 34.4 Å². The molecule has 3 rings (SSSR count). The molecule has 6 nitrogen and oxygen atoms in total. The van der Waals surface area contributed by atoms with Crippen LogP contribution in [0.4, 0.5) is 0 Å². The summed E-state index contributed by atoms with van der Waals surface area (Å²) in [6.45, 7) is 0.656. The molecule has 0 spiro atoms. The number of nitrogens with zero attached hydrogens (tertiary/aromatic N) is 5. The van der Waals surface area contributed by atoms with Gasteiger partial charge < -0.3 is 5.32 Å². The van der Waals surface area contributed by atoms with Gasteiger partial charge in [-0.25, -0.2) is 4.68 Å². The van der Waals surface area contributed by atoms with Crippen LogP contribution in [0, 0.1) is 0 Å². The molecule has 0 aliphatic heterocycles. The third-order valence-corrected chi connectivity index (χ3v) is 3.33. The maximum absolute atomic E-state index is 6.21. The fraction of sp³-hybridized carbons (Fsp3) is 0.200. The van der Waals surface area contributed by atoms with Crippen molar-refractivity contribution in [1.82, 2.24) is 29.1 Å². The number of aromatic nitrogens is 5. The molecule has 1 N–H and O–H groups in total. The van der Waals surface area contributed by atoms with E-state index in [1.807, 2.05) is 19.3 Å². The van der Waals surface area contributed by atoms with Crippen LogP contribution in [0.25, 0.3) is 16.7 Å². The number of benzene rings is 1. The van der Waals surface area contributed by atoms with E-state index < -0.39 is 0 Å². The van der Waals surface area contributed by atoms with Gasteiger partial charge in [-0.1, -0.05) is 16.8 Å². The summed E-state index contributed by atoms with van der Waals surface area (Å²) in [6, 6.07) is 3.64. The summed E-state index contributed by atoms with van der Waals surface area (Å²) in [5.74, 6) is 0. The number of hydrogen-bond donors (Lipinski definition) is 1. The van der Waals surface area contributed by atoms with E-state index in [1.54, 1.807) is 10.7 Å². The highest BCUT2D eigenvalue weighted by Crippen LogP contribution is 2.27. The van der Waals surface area contributed by atoms with Crippen molar-refractivity contribution in [3.63, 3.8) is 0 Å². The van der Waals surface area contributed by atoms with E-state index >= 15 is 0 Å². The van der Waals surface area contributed by atoms with Gasteiger partial charge in [0.1, 0.15) is 16.7 Å². The van der Waals surface area contributed by atoms with Crippen LogP contribution in [0.2, 0.25) is 5.02 Å². The first kappa shape index (κ1) is 11.5. The predicted octanol–water partition coefficient (Wildman–Crippen LogP) is 1.64. The Kier molecular flexibility index (Phi) is 2.94. The zero-order chi connectivity index (χ0) is 12.5. The smallest absolute Gasteiger partial charge is 0.132 e. The minimum absolute atomic E-state index is 0.580. The molecule has 0 amide bonds. The second-order valence-corrected chi connectivity index (χ2v) is 4.65. The molecule has 8 heteroatoms. The van der Waals surface area contributed by atoms with E-state index in [0.717, 1.165) is 34.1 Å². The van der Waals surface area contributed by atoms with Gasteiger partial charge in [-0.3, -0.25) is 0 Å². The Morgan fingerprint density at radius 3 is 3.11 bits per heavy atom. The molecule has 0 saturated heterocycles. The van der Waals surface area contributed by atoms with Crippen molar-refractivity contribution in [3.05, 3.63) is 29.0 Å². The van der Waals surface area contributed by atoms with E-state index in [-0.39, 0.29) is 0 Å². The normalized spacial score (nSPS) is 11.2. The molecule has 0 aliphatic rings. The highest BCUT2D eigenvalue weighted by atomic mass is 35.5. The van der Waals surface area contributed by atoms with Gasteiger partial charge in [0.15, 0.2) is 0 Å². The van der Waals surface area contributed by atoms with E-state index in [0.29, 0.717) is 11.6 Å². The van der Waals surface area contributed by atoms with E-state index in [4.69, 9.17) is 11.6 Å². The number of nitrogens with one attached hydrogen (secondary N) is 1. The highest BCUT2D eigenvalue weighted by molar-refractivity contribution is 7.00. The standard InChI is InChI=1S/C10H9ClN6S/c1-12-4-6-5-17(16-13-6)10-7(11)2-3-8-9(10)15-18-14-8/h2-3,5,12H,4H2,1H3. The molecule has 18 heavy (non-hydrogen) atoms. The van der Waals surface area contributed by atoms with Gasteiger partial charge in [0.2, 0.25) is 0 Å². The van der Waals surface area contributed by atoms with Gasteiger partial charge in [0, 0.05) is 6.54 Å². The lowest BCUT2D eigenvalue weighted by Gasteiger charge is -2.03. The number of halogens is 1. The first-order valence-corrected chi connectivity index (χ1v) is 6.37. The van der Waals surface area contributed by atoms with Crippen molar-refractivity contribution in [2.75, 3.05) is 7.05 Å². The molecule has 0 fully saturated rings. The Bertz CT molecular complexity index is 691. The van der Waals surface area contributed by atoms with Crippen molar-refractivity contribution < 1.29 is 0 Å². The third-order valence-electron chi connectivity index (χ3n) is 2.48. The van der Waals surface area contributed by atoms with Crippen LogP contribution in [0.5, 0.6) is 0 Å². The fourth-order valence-electron chi connectivity index (χ4n) is 1.70. The molecule has 0 unspecified atom stereocenters. The van der Waals surface area contributed by atoms with Gasteiger partial charge in [0.05, 0.1) is 28.6 Å². The van der Waals surface area contributed by atoms with Crippen LogP contribution in [0.15, 0.2) is 18.3 Å². The van der Waals surface area contributed by atoms with E-state index in [2.05, 4.69) is 24.4 Å². The first-order chi connectivity index (χ1) is 8.79. The third kappa shape index (κ3) is 1.86. The van der Waals surface area contributed by atoms with Crippen LogP contribution in [0.1, 0.15) is 5.69 Å². The average Bonchev–Trinajstić information content (AvgIpc) is 2.98. The van der Waals surface area contributed by atoms with E-state index in [1.165, 1.54) is 0 Å². The maximum Gasteiger partial charge on any atom is 0.132 e. The topological polar surface area (TPSA) is 68.5 Å². The minimum Gasteiger partial charge on any atom is -0.314 e. The number of hydrogen-bond acceptors (Lipinski definition) is 6. The van der Waals surface area contributed by atoms with Gasteiger partial charge in [-0.05, 0) is 19.2 Å². The van der Waals surface area contributed by atoms with Crippen molar-refractivity contribution in [3.8, 4) is 5.69 Å². The van der Waals surface area contributed by atoms with Crippen LogP contribution >= 0.6 is 23.3 Å². The Morgan fingerprint density at radius 1 is 1.39 bits per heavy atom. The van der Waals surface area contributed by atoms with Crippen molar-refractivity contribution in [2.45, 2.75) is 6.54 Å². The van der Waals surface area contributed by atoms with Gasteiger partial charge in [-0.2, -0.15) is 8.75 Å². The Balaban J connectivity index is 2.17. The lowest BCUT2D eigenvalue weighted by molar-refractivity contribution is 0.768. The van der Waals surface area contributed by atoms with E-state index in [9.17, 15) is 0 Å². The lowest BCUT2D eigenvalue weighted by atomic mass is 10.2. The Labute approximate surface area is 112 Å². The minimum atomic E-state index is 0.580. The van der Waals surface area contributed by atoms with Crippen LogP contribution in [0.3, 0.4) is 0 Å². The lowest BCUT2D eigenvalue weighted by Crippen LogP contribution is -2.05. The first-order valence-electron chi connectivity index (χ1n) is 5.26. The van der Waals surface area contributed by atoms with Crippen LogP contribution in [-0.4, -0.2) is 30.8 Å². The SMILES string of the molecule is CNCc1cn(-c2c(Cl)ccc3nsnc23)nn1. The largest absolute Gasteiger partial charge is 0.314 e. The summed E-state index contributed by atoms with van der Waals surface area (Å²) in [4.78, 5) is 0. The Hall–Kier alpha value is -1.57. The summed E-state index contributed by atoms with van der Waals surface area (Å²) < 4.78 is 10.1. The summed E-state index contributed by atoms with van der Waals surface area (Å²) in [6.07, 6.45) is 1.83. The Morgan fingerprint density at radius 2 is 2.28 bits per heavy atom. The fourth-order valence-corrected chi connectivity index (χ4v) is 2.48. The number of rotatable bonds is 3. The zero-order valence-electron chi connectivity index (χ0n) is 9.46. The molecule has 0 saturated carbocycles. The molecule has 3 aromatic rings. The average molecular weight is 281 g/mol. The molecular weight excluding hydrogens is 272 g/mol. The monoisotopic (exact) mass is 280 g/mol. The molecule has 1 aromatic carbocycles. The van der Waals surface area contributed by atoms with Crippen LogP contribution < -0.4 is 5.32 Å². The molecule has 0 aliphatic carbocycles. The second-order valence-electron chi connectivity index (χ2n) is 3.71. The molecule has 0 radical (unpaired) electrons. The molecule has 2 aromatic heterocycles.